The van der Waals surface area contributed by atoms with E-state index in [2.05, 4.69) is 9.69 Å². The standard InChI is InChI=1S/C26H22FN5O4S/c27-18-8-4-5-9-19(18)32(26(36)23-20(28)21(24(29)34)31-37-23)22(16-10-12-17(33)13-11-16)25(35)30-14-15-6-2-1-3-7-15/h1-13,22,33H,14,28H2,(H2,29,34)(H,30,35)/t22-/m0/s1. The second kappa shape index (κ2) is 10.9. The van der Waals surface area contributed by atoms with Crippen molar-refractivity contribution >= 4 is 40.6 Å². The zero-order valence-electron chi connectivity index (χ0n) is 19.3. The number of primary amides is 1. The first-order chi connectivity index (χ1) is 17.8. The molecule has 0 unspecified atom stereocenters. The predicted molar refractivity (Wildman–Crippen MR) is 137 cm³/mol. The van der Waals surface area contributed by atoms with E-state index in [1.807, 2.05) is 30.3 Å². The van der Waals surface area contributed by atoms with Gasteiger partial charge in [-0.15, -0.1) is 0 Å². The van der Waals surface area contributed by atoms with Gasteiger partial charge in [-0.2, -0.15) is 4.37 Å². The molecule has 4 aromatic rings. The molecule has 1 heterocycles. The topological polar surface area (TPSA) is 152 Å². The fourth-order valence-electron chi connectivity index (χ4n) is 3.71. The van der Waals surface area contributed by atoms with Crippen LogP contribution in [0.3, 0.4) is 0 Å². The van der Waals surface area contributed by atoms with Crippen molar-refractivity contribution in [2.45, 2.75) is 12.6 Å². The number of para-hydroxylation sites is 1. The lowest BCUT2D eigenvalue weighted by molar-refractivity contribution is -0.122. The fraction of sp³-hybridized carbons (Fsp3) is 0.0769. The minimum absolute atomic E-state index is 0.0613. The molecule has 0 radical (unpaired) electrons. The third-order valence-corrected chi connectivity index (χ3v) is 6.36. The highest BCUT2D eigenvalue weighted by Gasteiger charge is 2.37. The highest BCUT2D eigenvalue weighted by Crippen LogP contribution is 2.34. The molecule has 3 aromatic carbocycles. The smallest absolute Gasteiger partial charge is 0.273 e. The Bertz CT molecular complexity index is 1440. The molecule has 9 nitrogen and oxygen atoms in total. The third kappa shape index (κ3) is 5.41. The Kier molecular flexibility index (Phi) is 7.44. The average Bonchev–Trinajstić information content (AvgIpc) is 3.29. The highest BCUT2D eigenvalue weighted by molar-refractivity contribution is 7.09. The number of nitrogens with zero attached hydrogens (tertiary/aromatic N) is 2. The number of nitrogens with two attached hydrogens (primary N) is 2. The number of carbonyl (C=O) groups excluding carboxylic acids is 3. The van der Waals surface area contributed by atoms with Gasteiger partial charge in [0.2, 0.25) is 5.91 Å². The quantitative estimate of drug-likeness (QED) is 0.280. The van der Waals surface area contributed by atoms with Gasteiger partial charge in [-0.3, -0.25) is 19.3 Å². The molecule has 11 heteroatoms. The fourth-order valence-corrected chi connectivity index (χ4v) is 4.45. The van der Waals surface area contributed by atoms with Crippen LogP contribution >= 0.6 is 11.5 Å². The molecule has 0 spiro atoms. The number of carbonyl (C=O) groups is 3. The Morgan fingerprint density at radius 3 is 2.27 bits per heavy atom. The molecule has 0 aliphatic carbocycles. The van der Waals surface area contributed by atoms with Crippen LogP contribution in [0.25, 0.3) is 0 Å². The van der Waals surface area contributed by atoms with E-state index in [-0.39, 0.29) is 39.8 Å². The Morgan fingerprint density at radius 1 is 1.00 bits per heavy atom. The molecule has 188 valence electrons. The lowest BCUT2D eigenvalue weighted by Crippen LogP contribution is -2.44. The number of hydrogen-bond donors (Lipinski definition) is 4. The van der Waals surface area contributed by atoms with Crippen LogP contribution in [0.4, 0.5) is 15.8 Å². The highest BCUT2D eigenvalue weighted by atomic mass is 32.1. The zero-order valence-corrected chi connectivity index (χ0v) is 20.1. The van der Waals surface area contributed by atoms with E-state index in [4.69, 9.17) is 11.5 Å². The van der Waals surface area contributed by atoms with E-state index >= 15 is 4.39 Å². The van der Waals surface area contributed by atoms with Crippen LogP contribution < -0.4 is 21.7 Å². The molecule has 0 fully saturated rings. The van der Waals surface area contributed by atoms with Crippen molar-refractivity contribution in [3.8, 4) is 5.75 Å². The summed E-state index contributed by atoms with van der Waals surface area (Å²) in [5.74, 6) is -3.24. The summed E-state index contributed by atoms with van der Waals surface area (Å²) in [5, 5.41) is 12.6. The average molecular weight is 520 g/mol. The van der Waals surface area contributed by atoms with Gasteiger partial charge in [0.25, 0.3) is 11.8 Å². The maximum absolute atomic E-state index is 15.1. The number of hydrogen-bond acceptors (Lipinski definition) is 7. The number of amides is 3. The Morgan fingerprint density at radius 2 is 1.65 bits per heavy atom. The van der Waals surface area contributed by atoms with Crippen LogP contribution in [0.1, 0.15) is 37.3 Å². The van der Waals surface area contributed by atoms with Crippen molar-refractivity contribution in [1.29, 1.82) is 0 Å². The Hall–Kier alpha value is -4.77. The minimum Gasteiger partial charge on any atom is -0.508 e. The summed E-state index contributed by atoms with van der Waals surface area (Å²) in [7, 11) is 0. The van der Waals surface area contributed by atoms with Gasteiger partial charge in [-0.1, -0.05) is 54.6 Å². The van der Waals surface area contributed by atoms with Crippen molar-refractivity contribution < 1.29 is 23.9 Å². The SMILES string of the molecule is NC(=O)c1nsc(C(=O)N(c2ccccc2F)[C@H](C(=O)NCc2ccccc2)c2ccc(O)cc2)c1N. The van der Waals surface area contributed by atoms with Crippen LogP contribution in [0.2, 0.25) is 0 Å². The van der Waals surface area contributed by atoms with Gasteiger partial charge in [-0.25, -0.2) is 4.39 Å². The lowest BCUT2D eigenvalue weighted by atomic mass is 10.0. The van der Waals surface area contributed by atoms with Crippen molar-refractivity contribution in [3.05, 3.63) is 106 Å². The molecule has 1 aromatic heterocycles. The molecule has 0 saturated carbocycles. The number of aromatic nitrogens is 1. The molecule has 0 aliphatic heterocycles. The van der Waals surface area contributed by atoms with E-state index in [0.717, 1.165) is 16.5 Å². The van der Waals surface area contributed by atoms with Crippen LogP contribution in [0.5, 0.6) is 5.75 Å². The van der Waals surface area contributed by atoms with Gasteiger partial charge >= 0.3 is 0 Å². The van der Waals surface area contributed by atoms with E-state index in [0.29, 0.717) is 11.5 Å². The number of nitrogen functional groups attached to an aromatic ring is 1. The van der Waals surface area contributed by atoms with Gasteiger partial charge in [0.15, 0.2) is 5.69 Å². The largest absolute Gasteiger partial charge is 0.508 e. The van der Waals surface area contributed by atoms with Gasteiger partial charge in [0.05, 0.1) is 11.4 Å². The molecular weight excluding hydrogens is 497 g/mol. The first-order valence-electron chi connectivity index (χ1n) is 11.0. The summed E-state index contributed by atoms with van der Waals surface area (Å²) in [6.45, 7) is 0.141. The number of halogens is 1. The molecule has 0 bridgehead atoms. The van der Waals surface area contributed by atoms with Gasteiger partial charge < -0.3 is 21.9 Å². The summed E-state index contributed by atoms with van der Waals surface area (Å²) in [5.41, 5.74) is 11.6. The number of phenols is 1. The zero-order chi connectivity index (χ0) is 26.5. The number of benzene rings is 3. The van der Waals surface area contributed by atoms with Crippen LogP contribution in [0, 0.1) is 5.82 Å². The van der Waals surface area contributed by atoms with Gasteiger partial charge in [0.1, 0.15) is 22.5 Å². The third-order valence-electron chi connectivity index (χ3n) is 5.51. The molecule has 0 saturated heterocycles. The molecule has 3 amide bonds. The first-order valence-corrected chi connectivity index (χ1v) is 11.8. The number of rotatable bonds is 8. The summed E-state index contributed by atoms with van der Waals surface area (Å²) < 4.78 is 19.0. The van der Waals surface area contributed by atoms with Crippen LogP contribution in [-0.2, 0) is 11.3 Å². The number of nitrogens with one attached hydrogen (secondary N) is 1. The Balaban J connectivity index is 1.84. The lowest BCUT2D eigenvalue weighted by Gasteiger charge is -2.31. The van der Waals surface area contributed by atoms with Crippen molar-refractivity contribution in [3.63, 3.8) is 0 Å². The van der Waals surface area contributed by atoms with Crippen molar-refractivity contribution in [2.24, 2.45) is 5.73 Å². The molecule has 1 atom stereocenters. The summed E-state index contributed by atoms with van der Waals surface area (Å²) in [4.78, 5) is 40.0. The number of anilines is 2. The van der Waals surface area contributed by atoms with Crippen LogP contribution in [-0.4, -0.2) is 27.2 Å². The molecular formula is C26H22FN5O4S. The van der Waals surface area contributed by atoms with E-state index in [1.165, 1.54) is 42.5 Å². The minimum atomic E-state index is -1.38. The molecule has 4 rings (SSSR count). The van der Waals surface area contributed by atoms with E-state index in [1.54, 1.807) is 0 Å². The van der Waals surface area contributed by atoms with E-state index < -0.39 is 29.6 Å². The van der Waals surface area contributed by atoms with E-state index in [9.17, 15) is 19.5 Å². The Labute approximate surface area is 215 Å². The first kappa shape index (κ1) is 25.3. The summed E-state index contributed by atoms with van der Waals surface area (Å²) in [6.07, 6.45) is 0. The monoisotopic (exact) mass is 519 g/mol. The second-order valence-corrected chi connectivity index (χ2v) is 8.74. The van der Waals surface area contributed by atoms with Crippen molar-refractivity contribution in [1.82, 2.24) is 9.69 Å². The maximum Gasteiger partial charge on any atom is 0.273 e. The number of phenolic OH excluding ortho intramolecular Hbond substituents is 1. The molecule has 0 aliphatic rings. The number of aromatic hydroxyl groups is 1. The molecule has 37 heavy (non-hydrogen) atoms. The maximum atomic E-state index is 15.1. The van der Waals surface area contributed by atoms with Crippen LogP contribution in [0.15, 0.2) is 78.9 Å². The van der Waals surface area contributed by atoms with Gasteiger partial charge in [-0.05, 0) is 46.9 Å². The molecule has 6 N–H and O–H groups in total. The van der Waals surface area contributed by atoms with Gasteiger partial charge in [0, 0.05) is 6.54 Å². The summed E-state index contributed by atoms with van der Waals surface area (Å²) >= 11 is 0.617. The normalized spacial score (nSPS) is 11.5. The second-order valence-electron chi connectivity index (χ2n) is 7.96. The van der Waals surface area contributed by atoms with Crippen molar-refractivity contribution in [2.75, 3.05) is 10.6 Å². The summed E-state index contributed by atoms with van der Waals surface area (Å²) in [6, 6.07) is 18.8. The predicted octanol–water partition coefficient (Wildman–Crippen LogP) is 3.37.